The molecule has 1 aromatic heterocycles. The molecular weight excluding hydrogens is 1130 g/mol. The molecule has 90 heavy (non-hydrogen) atoms. The lowest BCUT2D eigenvalue weighted by atomic mass is 9.72. The summed E-state index contributed by atoms with van der Waals surface area (Å²) >= 11 is 0. The van der Waals surface area contributed by atoms with Gasteiger partial charge in [0.25, 0.3) is 0 Å². The molecule has 3 fully saturated rings. The molecule has 7 atom stereocenters. The molecule has 0 aromatic carbocycles. The van der Waals surface area contributed by atoms with E-state index in [1.807, 2.05) is 74.6 Å². The van der Waals surface area contributed by atoms with Gasteiger partial charge in [-0.25, -0.2) is 0 Å². The highest BCUT2D eigenvalue weighted by Gasteiger charge is 2.62. The molecule has 0 radical (unpaired) electrons. The molecule has 0 spiro atoms. The number of carbonyl (C=O) groups excluding carboxylic acids is 2. The number of morpholine rings is 1. The summed E-state index contributed by atoms with van der Waals surface area (Å²) in [5.74, 6) is 2.39. The van der Waals surface area contributed by atoms with Crippen LogP contribution in [0, 0.1) is 68.0 Å². The normalized spacial score (nSPS) is 18.4. The van der Waals surface area contributed by atoms with E-state index in [1.54, 1.807) is 6.92 Å². The molecule has 3 aliphatic rings. The largest absolute Gasteiger partial charge is 0.417 e. The number of pyridine rings is 1. The summed E-state index contributed by atoms with van der Waals surface area (Å²) in [6.45, 7) is 73.6. The Bertz CT molecular complexity index is 2030. The van der Waals surface area contributed by atoms with Crippen LogP contribution in [-0.4, -0.2) is 104 Å². The van der Waals surface area contributed by atoms with Crippen LogP contribution in [0.1, 0.15) is 333 Å². The molecular formula is C78H157F3N4O5. The van der Waals surface area contributed by atoms with Crippen molar-refractivity contribution in [3.8, 4) is 0 Å². The van der Waals surface area contributed by atoms with Gasteiger partial charge in [0, 0.05) is 68.4 Å². The standard InChI is InChI=1S/C14H29NO.C13H23F3O.C13H25NO.C12H25NO.C12H19N.C11H24O.3CH4/c1-7-12(13(2,3)4)10-15-8-9-16-14(5,6)11-15;1-5-9(11(2,3)4)8-12(17,10-6-7-10)13(14,15)16;1-6-11(13(3,4)5)9-14(10(2)15)12-7-8-12;1-8-9(11(2,3)4)10(14)13-12(5,6)7;1-5-10(12(2,3)4)11-8-6-7-9-13-11;1-7-9(10(2,3)4)8-11(5,6)12;;;/h12H,7-11H2,1-6H3;9-10,17H,5-8H2,1-4H3;11-12H,6-9H2,1-5H3;9H,8H2,1-7H3,(H,13,14);6-10H,5H2,1-4H3;9,12H,7-8H2,1-6H3;3*1H4/t12-;9-,12?;11-;9-;10-;9-;;;/m000000.../s1. The number of amides is 2. The topological polar surface area (TPSA) is 115 Å². The molecule has 9 nitrogen and oxygen atoms in total. The maximum Gasteiger partial charge on any atom is 0.417 e. The van der Waals surface area contributed by atoms with Crippen LogP contribution in [0.25, 0.3) is 0 Å². The summed E-state index contributed by atoms with van der Waals surface area (Å²) in [4.78, 5) is 32.5. The molecule has 12 heteroatoms. The maximum atomic E-state index is 13.0. The third-order valence-corrected chi connectivity index (χ3v) is 18.5. The van der Waals surface area contributed by atoms with Gasteiger partial charge < -0.3 is 25.2 Å². The Balaban J connectivity index is -0.000000320. The SMILES string of the molecule is C.C.C.CC[C@@H](C(=O)NC(C)(C)C)C(C)(C)C.CC[C@@H](CC(C)(C)O)C(C)(C)C.CC[C@@H](CC(O)(C1CC1)C(F)(F)F)C(C)(C)C.CC[C@@H](CN(C(C)=O)C1CC1)C(C)(C)C.CC[C@@H](CN1CCOC(C)(C)C1)C(C)(C)C.CC[C@@H](c1ccccn1)C(C)(C)C. The average molecular weight is 1290 g/mol. The Morgan fingerprint density at radius 2 is 1.06 bits per heavy atom. The van der Waals surface area contributed by atoms with Crippen LogP contribution in [0.2, 0.25) is 0 Å². The molecule has 1 aromatic rings. The minimum atomic E-state index is -4.51. The number of rotatable bonds is 18. The fraction of sp³-hybridized carbons (Fsp3) is 0.910. The molecule has 1 unspecified atom stereocenters. The van der Waals surface area contributed by atoms with Crippen LogP contribution in [0.4, 0.5) is 13.2 Å². The summed E-state index contributed by atoms with van der Waals surface area (Å²) in [5, 5.41) is 22.7. The summed E-state index contributed by atoms with van der Waals surface area (Å²) in [5.41, 5.74) is -0.684. The summed E-state index contributed by atoms with van der Waals surface area (Å²) in [6, 6.07) is 6.72. The van der Waals surface area contributed by atoms with Gasteiger partial charge in [0.2, 0.25) is 11.8 Å². The highest BCUT2D eigenvalue weighted by Crippen LogP contribution is 2.53. The molecule has 2 heterocycles. The fourth-order valence-corrected chi connectivity index (χ4v) is 12.4. The van der Waals surface area contributed by atoms with Crippen molar-refractivity contribution in [2.45, 2.75) is 361 Å². The van der Waals surface area contributed by atoms with Gasteiger partial charge in [-0.1, -0.05) is 220 Å². The van der Waals surface area contributed by atoms with Crippen molar-refractivity contribution in [3.63, 3.8) is 0 Å². The van der Waals surface area contributed by atoms with E-state index in [0.717, 1.165) is 64.3 Å². The highest BCUT2D eigenvalue weighted by atomic mass is 19.4. The van der Waals surface area contributed by atoms with Crippen molar-refractivity contribution in [1.82, 2.24) is 20.1 Å². The van der Waals surface area contributed by atoms with E-state index < -0.39 is 23.3 Å². The lowest BCUT2D eigenvalue weighted by Crippen LogP contribution is -2.50. The van der Waals surface area contributed by atoms with Crippen LogP contribution in [0.15, 0.2) is 24.4 Å². The molecule has 2 saturated carbocycles. The monoisotopic (exact) mass is 1290 g/mol. The van der Waals surface area contributed by atoms with Gasteiger partial charge in [-0.15, -0.1) is 0 Å². The third kappa shape index (κ3) is 38.9. The molecule has 2 amide bonds. The lowest BCUT2D eigenvalue weighted by Gasteiger charge is -2.42. The van der Waals surface area contributed by atoms with E-state index >= 15 is 0 Å². The number of ether oxygens (including phenoxy) is 1. The summed E-state index contributed by atoms with van der Waals surface area (Å²) in [6.07, 6.45) is 7.79. The number of carbonyl (C=O) groups is 2. The van der Waals surface area contributed by atoms with Crippen LogP contribution >= 0.6 is 0 Å². The number of nitrogens with one attached hydrogen (secondary N) is 1. The average Bonchev–Trinajstić information content (AvgIpc) is 1.61. The van der Waals surface area contributed by atoms with Gasteiger partial charge in [0.05, 0.1) is 17.8 Å². The van der Waals surface area contributed by atoms with Crippen LogP contribution in [0.5, 0.6) is 0 Å². The second kappa shape index (κ2) is 39.7. The third-order valence-electron chi connectivity index (χ3n) is 18.5. The van der Waals surface area contributed by atoms with Crippen molar-refractivity contribution in [3.05, 3.63) is 30.1 Å². The van der Waals surface area contributed by atoms with Gasteiger partial charge >= 0.3 is 6.18 Å². The molecule has 4 rings (SSSR count). The fourth-order valence-electron chi connectivity index (χ4n) is 12.4. The first-order valence-corrected chi connectivity index (χ1v) is 34.3. The van der Waals surface area contributed by atoms with E-state index in [9.17, 15) is 33.0 Å². The number of hydrogen-bond acceptors (Lipinski definition) is 7. The number of halogens is 3. The van der Waals surface area contributed by atoms with Crippen LogP contribution in [0.3, 0.4) is 0 Å². The zero-order valence-electron chi connectivity index (χ0n) is 63.0. The predicted molar refractivity (Wildman–Crippen MR) is 387 cm³/mol. The Labute approximate surface area is 559 Å². The van der Waals surface area contributed by atoms with Crippen molar-refractivity contribution < 1.29 is 37.7 Å². The number of hydrogen-bond donors (Lipinski definition) is 3. The Hall–Kier alpha value is -2.28. The van der Waals surface area contributed by atoms with E-state index in [0.29, 0.717) is 64.7 Å². The van der Waals surface area contributed by atoms with Crippen molar-refractivity contribution >= 4 is 11.8 Å². The van der Waals surface area contributed by atoms with Gasteiger partial charge in [-0.2, -0.15) is 13.2 Å². The van der Waals surface area contributed by atoms with Gasteiger partial charge in [0.1, 0.15) is 0 Å². The first-order valence-electron chi connectivity index (χ1n) is 34.3. The molecule has 540 valence electrons. The summed E-state index contributed by atoms with van der Waals surface area (Å²) in [7, 11) is 0. The maximum absolute atomic E-state index is 13.0. The lowest BCUT2D eigenvalue weighted by molar-refractivity contribution is -0.276. The molecule has 3 N–H and O–H groups in total. The van der Waals surface area contributed by atoms with E-state index in [4.69, 9.17) is 4.74 Å². The molecule has 1 aliphatic heterocycles. The van der Waals surface area contributed by atoms with Crippen molar-refractivity contribution in [1.29, 1.82) is 0 Å². The second-order valence-electron chi connectivity index (χ2n) is 35.2. The van der Waals surface area contributed by atoms with Crippen LogP contribution in [-0.2, 0) is 14.3 Å². The number of aliphatic hydroxyl groups is 2. The second-order valence-corrected chi connectivity index (χ2v) is 35.2. The molecule has 2 aliphatic carbocycles. The zero-order chi connectivity index (χ0) is 69.0. The van der Waals surface area contributed by atoms with E-state index in [1.165, 1.54) is 31.5 Å². The minimum absolute atomic E-state index is 0. The van der Waals surface area contributed by atoms with Crippen molar-refractivity contribution in [2.75, 3.05) is 32.8 Å². The predicted octanol–water partition coefficient (Wildman–Crippen LogP) is 22.1. The van der Waals surface area contributed by atoms with E-state index in [-0.39, 0.29) is 74.3 Å². The van der Waals surface area contributed by atoms with Gasteiger partial charge in [-0.05, 0) is 174 Å². The van der Waals surface area contributed by atoms with Crippen LogP contribution < -0.4 is 5.32 Å². The number of nitrogens with zero attached hydrogens (tertiary/aromatic N) is 3. The molecule has 0 bridgehead atoms. The number of aromatic nitrogens is 1. The zero-order valence-corrected chi connectivity index (χ0v) is 63.0. The Morgan fingerprint density at radius 1 is 0.622 bits per heavy atom. The Kier molecular flexibility index (Phi) is 42.5. The Morgan fingerprint density at radius 3 is 1.32 bits per heavy atom. The highest BCUT2D eigenvalue weighted by molar-refractivity contribution is 5.80. The summed E-state index contributed by atoms with van der Waals surface area (Å²) < 4.78 is 44.8. The number of alkyl halides is 3. The minimum Gasteiger partial charge on any atom is -0.390 e. The smallest absolute Gasteiger partial charge is 0.390 e. The van der Waals surface area contributed by atoms with Gasteiger partial charge in [0.15, 0.2) is 5.60 Å². The first-order chi connectivity index (χ1) is 38.9. The van der Waals surface area contributed by atoms with Crippen molar-refractivity contribution in [2.24, 2.45) is 68.0 Å². The first kappa shape index (κ1) is 96.4. The quantitative estimate of drug-likeness (QED) is 0.134. The molecule has 1 saturated heterocycles. The van der Waals surface area contributed by atoms with E-state index in [2.05, 4.69) is 185 Å². The van der Waals surface area contributed by atoms with Gasteiger partial charge in [-0.3, -0.25) is 19.5 Å².